The van der Waals surface area contributed by atoms with Gasteiger partial charge in [-0.1, -0.05) is 37.6 Å². The molecule has 0 aliphatic heterocycles. The molecule has 2 rings (SSSR count). The number of rotatable bonds is 3. The van der Waals surface area contributed by atoms with E-state index in [1.165, 1.54) is 0 Å². The summed E-state index contributed by atoms with van der Waals surface area (Å²) in [6.07, 6.45) is 3.04. The topological polar surface area (TPSA) is 87.7 Å². The summed E-state index contributed by atoms with van der Waals surface area (Å²) in [5, 5.41) is 14.9. The van der Waals surface area contributed by atoms with Crippen LogP contribution in [0, 0.1) is 18.3 Å². The van der Waals surface area contributed by atoms with Gasteiger partial charge in [0.25, 0.3) is 0 Å². The lowest BCUT2D eigenvalue weighted by molar-refractivity contribution is -0.122. The Bertz CT molecular complexity index is 579. The van der Waals surface area contributed by atoms with Gasteiger partial charge in [0.1, 0.15) is 0 Å². The summed E-state index contributed by atoms with van der Waals surface area (Å²) in [4.78, 5) is 12.6. The summed E-state index contributed by atoms with van der Waals surface area (Å²) in [5.74, 6) is 0.0160. The Morgan fingerprint density at radius 1 is 1.48 bits per heavy atom. The summed E-state index contributed by atoms with van der Waals surface area (Å²) in [7, 11) is 0. The van der Waals surface area contributed by atoms with Gasteiger partial charge in [0, 0.05) is 11.5 Å². The van der Waals surface area contributed by atoms with E-state index in [9.17, 15) is 4.79 Å². The quantitative estimate of drug-likeness (QED) is 0.346. The van der Waals surface area contributed by atoms with E-state index in [4.69, 9.17) is 10.9 Å². The van der Waals surface area contributed by atoms with Crippen LogP contribution in [0.4, 0.5) is 5.69 Å². The molecule has 1 aliphatic rings. The first-order valence-corrected chi connectivity index (χ1v) is 7.25. The molecule has 1 unspecified atom stereocenters. The molecule has 5 nitrogen and oxygen atoms in total. The zero-order valence-electron chi connectivity index (χ0n) is 12.8. The predicted octanol–water partition coefficient (Wildman–Crippen LogP) is 2.85. The number of oxime groups is 1. The van der Waals surface area contributed by atoms with Crippen LogP contribution in [0.1, 0.15) is 44.2 Å². The number of amidine groups is 1. The Labute approximate surface area is 125 Å². The number of aryl methyl sites for hydroxylation is 1. The van der Waals surface area contributed by atoms with Gasteiger partial charge in [0.05, 0.1) is 5.69 Å². The Balaban J connectivity index is 2.28. The van der Waals surface area contributed by atoms with Gasteiger partial charge in [-0.2, -0.15) is 0 Å². The third kappa shape index (κ3) is 3.01. The van der Waals surface area contributed by atoms with Crippen molar-refractivity contribution >= 4 is 17.4 Å². The van der Waals surface area contributed by atoms with Gasteiger partial charge in [0.15, 0.2) is 5.84 Å². The maximum absolute atomic E-state index is 12.6. The zero-order chi connectivity index (χ0) is 15.6. The lowest BCUT2D eigenvalue weighted by Gasteiger charge is -2.26. The number of carbonyl (C=O) groups is 1. The van der Waals surface area contributed by atoms with Crippen LogP contribution in [0.5, 0.6) is 0 Å². The minimum atomic E-state index is -0.00171. The van der Waals surface area contributed by atoms with Crippen LogP contribution in [0.2, 0.25) is 0 Å². The van der Waals surface area contributed by atoms with Crippen molar-refractivity contribution in [2.24, 2.45) is 22.2 Å². The van der Waals surface area contributed by atoms with Gasteiger partial charge < -0.3 is 16.3 Å². The van der Waals surface area contributed by atoms with Crippen LogP contribution in [-0.2, 0) is 4.79 Å². The lowest BCUT2D eigenvalue weighted by atomic mass is 9.81. The summed E-state index contributed by atoms with van der Waals surface area (Å²) < 4.78 is 0. The van der Waals surface area contributed by atoms with Crippen LogP contribution in [0.3, 0.4) is 0 Å². The van der Waals surface area contributed by atoms with Crippen molar-refractivity contribution in [1.82, 2.24) is 0 Å². The average molecular weight is 289 g/mol. The standard InChI is InChI=1S/C16H23N3O2/c1-10-6-4-8-12(13(10)14(17)19-21)18-15(20)11-7-5-9-16(11,2)3/h4,6,8,11,21H,5,7,9H2,1-3H3,(H2,17,19)(H,18,20). The largest absolute Gasteiger partial charge is 0.409 e. The van der Waals surface area contributed by atoms with Crippen molar-refractivity contribution in [2.75, 3.05) is 5.32 Å². The Morgan fingerprint density at radius 2 is 2.19 bits per heavy atom. The molecule has 0 saturated heterocycles. The smallest absolute Gasteiger partial charge is 0.228 e. The van der Waals surface area contributed by atoms with Gasteiger partial charge in [0.2, 0.25) is 5.91 Å². The van der Waals surface area contributed by atoms with Crippen LogP contribution in [-0.4, -0.2) is 17.0 Å². The van der Waals surface area contributed by atoms with Gasteiger partial charge in [-0.25, -0.2) is 0 Å². The predicted molar refractivity (Wildman–Crippen MR) is 83.4 cm³/mol. The van der Waals surface area contributed by atoms with Crippen molar-refractivity contribution in [2.45, 2.75) is 40.0 Å². The fourth-order valence-corrected chi connectivity index (χ4v) is 3.19. The highest BCUT2D eigenvalue weighted by Gasteiger charge is 2.39. The summed E-state index contributed by atoms with van der Waals surface area (Å²) in [6, 6.07) is 5.49. The van der Waals surface area contributed by atoms with Crippen molar-refractivity contribution in [3.05, 3.63) is 29.3 Å². The highest BCUT2D eigenvalue weighted by molar-refractivity contribution is 6.07. The zero-order valence-corrected chi connectivity index (χ0v) is 12.8. The number of benzene rings is 1. The van der Waals surface area contributed by atoms with E-state index in [1.54, 1.807) is 6.07 Å². The normalized spacial score (nSPS) is 21.3. The molecule has 0 spiro atoms. The molecule has 0 bridgehead atoms. The van der Waals surface area contributed by atoms with E-state index >= 15 is 0 Å². The van der Waals surface area contributed by atoms with Gasteiger partial charge >= 0.3 is 0 Å². The molecule has 1 fully saturated rings. The van der Waals surface area contributed by atoms with E-state index in [-0.39, 0.29) is 23.1 Å². The number of hydrogen-bond acceptors (Lipinski definition) is 3. The van der Waals surface area contributed by atoms with Crippen molar-refractivity contribution in [1.29, 1.82) is 0 Å². The van der Waals surface area contributed by atoms with Gasteiger partial charge in [-0.15, -0.1) is 0 Å². The molecular formula is C16H23N3O2. The lowest BCUT2D eigenvalue weighted by Crippen LogP contribution is -2.31. The molecule has 4 N–H and O–H groups in total. The molecule has 1 saturated carbocycles. The second kappa shape index (κ2) is 5.76. The Hall–Kier alpha value is -2.04. The number of nitrogens with zero attached hydrogens (tertiary/aromatic N) is 1. The fraction of sp³-hybridized carbons (Fsp3) is 0.500. The highest BCUT2D eigenvalue weighted by atomic mass is 16.4. The molecule has 1 amide bonds. The highest BCUT2D eigenvalue weighted by Crippen LogP contribution is 2.43. The number of hydrogen-bond donors (Lipinski definition) is 3. The molecule has 114 valence electrons. The fourth-order valence-electron chi connectivity index (χ4n) is 3.19. The van der Waals surface area contributed by atoms with E-state index in [0.717, 1.165) is 24.8 Å². The minimum absolute atomic E-state index is 0.00171. The third-order valence-corrected chi connectivity index (χ3v) is 4.47. The molecule has 0 radical (unpaired) electrons. The molecule has 1 aromatic rings. The summed E-state index contributed by atoms with van der Waals surface area (Å²) in [5.41, 5.74) is 7.77. The number of amides is 1. The van der Waals surface area contributed by atoms with E-state index in [2.05, 4.69) is 24.3 Å². The maximum atomic E-state index is 12.6. The van der Waals surface area contributed by atoms with Crippen molar-refractivity contribution < 1.29 is 10.0 Å². The Kier molecular flexibility index (Phi) is 4.21. The second-order valence-electron chi connectivity index (χ2n) is 6.41. The first-order chi connectivity index (χ1) is 9.86. The van der Waals surface area contributed by atoms with Crippen LogP contribution >= 0.6 is 0 Å². The molecule has 1 aromatic carbocycles. The molecule has 1 atom stereocenters. The van der Waals surface area contributed by atoms with Crippen LogP contribution in [0.25, 0.3) is 0 Å². The number of nitrogens with one attached hydrogen (secondary N) is 1. The first-order valence-electron chi connectivity index (χ1n) is 7.25. The molecule has 1 aliphatic carbocycles. The van der Waals surface area contributed by atoms with Crippen LogP contribution in [0.15, 0.2) is 23.4 Å². The maximum Gasteiger partial charge on any atom is 0.228 e. The van der Waals surface area contributed by atoms with Crippen LogP contribution < -0.4 is 11.1 Å². The van der Waals surface area contributed by atoms with E-state index < -0.39 is 0 Å². The van der Waals surface area contributed by atoms with Gasteiger partial charge in [-0.3, -0.25) is 4.79 Å². The van der Waals surface area contributed by atoms with E-state index in [1.807, 2.05) is 19.1 Å². The Morgan fingerprint density at radius 3 is 2.76 bits per heavy atom. The summed E-state index contributed by atoms with van der Waals surface area (Å²) in [6.45, 7) is 6.12. The van der Waals surface area contributed by atoms with Crippen molar-refractivity contribution in [3.8, 4) is 0 Å². The number of anilines is 1. The molecule has 5 heteroatoms. The SMILES string of the molecule is Cc1cccc(NC(=O)C2CCCC2(C)C)c1/C(N)=N/O. The average Bonchev–Trinajstić information content (AvgIpc) is 2.78. The summed E-state index contributed by atoms with van der Waals surface area (Å²) >= 11 is 0. The first kappa shape index (κ1) is 15.4. The number of carbonyl (C=O) groups excluding carboxylic acids is 1. The number of nitrogens with two attached hydrogens (primary N) is 1. The second-order valence-corrected chi connectivity index (χ2v) is 6.41. The van der Waals surface area contributed by atoms with Gasteiger partial charge in [-0.05, 0) is 36.8 Å². The van der Waals surface area contributed by atoms with Crippen molar-refractivity contribution in [3.63, 3.8) is 0 Å². The minimum Gasteiger partial charge on any atom is -0.409 e. The third-order valence-electron chi connectivity index (χ3n) is 4.47. The molecule has 21 heavy (non-hydrogen) atoms. The molecule has 0 aromatic heterocycles. The monoisotopic (exact) mass is 289 g/mol. The molecular weight excluding hydrogens is 266 g/mol. The molecule has 0 heterocycles. The van der Waals surface area contributed by atoms with E-state index in [0.29, 0.717) is 11.3 Å².